The second kappa shape index (κ2) is 7.52. The monoisotopic (exact) mass is 269 g/mol. The van der Waals surface area contributed by atoms with Crippen LogP contribution in [0, 0.1) is 5.92 Å². The molecule has 1 fully saturated rings. The molecule has 0 aliphatic carbocycles. The first-order valence-corrected chi connectivity index (χ1v) is 6.14. The van der Waals surface area contributed by atoms with Gasteiger partial charge in [0.2, 0.25) is 5.91 Å². The number of likely N-dealkylation sites (tertiary alicyclic amines) is 1. The van der Waals surface area contributed by atoms with Gasteiger partial charge in [0.1, 0.15) is 0 Å². The minimum absolute atomic E-state index is 0.0832. The standard InChI is InChI=1S/C12H19N3O4/c1-2-4-13-12(19)14-10(16)8-15-5-3-9(7-15)6-11(17)18/h2,9H,1,3-8H2,(H,17,18)(H2,13,14,16,19). The van der Waals surface area contributed by atoms with E-state index in [0.29, 0.717) is 19.6 Å². The molecule has 1 saturated heterocycles. The van der Waals surface area contributed by atoms with Crippen LogP contribution in [-0.4, -0.2) is 54.1 Å². The molecule has 0 bridgehead atoms. The fourth-order valence-corrected chi connectivity index (χ4v) is 2.05. The number of carbonyl (C=O) groups excluding carboxylic acids is 2. The third-order valence-electron chi connectivity index (χ3n) is 2.86. The Hall–Kier alpha value is -1.89. The molecule has 1 atom stereocenters. The fourth-order valence-electron chi connectivity index (χ4n) is 2.05. The summed E-state index contributed by atoms with van der Waals surface area (Å²) in [4.78, 5) is 35.2. The molecule has 1 aliphatic rings. The zero-order chi connectivity index (χ0) is 14.3. The molecule has 7 heteroatoms. The van der Waals surface area contributed by atoms with Gasteiger partial charge >= 0.3 is 12.0 Å². The van der Waals surface area contributed by atoms with E-state index in [2.05, 4.69) is 17.2 Å². The summed E-state index contributed by atoms with van der Waals surface area (Å²) in [5, 5.41) is 13.3. The Labute approximate surface area is 111 Å². The summed E-state index contributed by atoms with van der Waals surface area (Å²) in [5.41, 5.74) is 0. The molecule has 0 radical (unpaired) electrons. The van der Waals surface area contributed by atoms with Gasteiger partial charge in [0.25, 0.3) is 0 Å². The number of hydrogen-bond donors (Lipinski definition) is 3. The normalized spacial score (nSPS) is 18.8. The van der Waals surface area contributed by atoms with Crippen LogP contribution in [0.4, 0.5) is 4.79 Å². The van der Waals surface area contributed by atoms with Crippen LogP contribution in [0.15, 0.2) is 12.7 Å². The van der Waals surface area contributed by atoms with Crippen molar-refractivity contribution in [3.8, 4) is 0 Å². The Kier molecular flexibility index (Phi) is 6.01. The third-order valence-corrected chi connectivity index (χ3v) is 2.86. The molecule has 3 N–H and O–H groups in total. The van der Waals surface area contributed by atoms with Gasteiger partial charge in [0.05, 0.1) is 6.54 Å². The van der Waals surface area contributed by atoms with Crippen molar-refractivity contribution in [2.24, 2.45) is 5.92 Å². The summed E-state index contributed by atoms with van der Waals surface area (Å²) in [6.45, 7) is 5.10. The summed E-state index contributed by atoms with van der Waals surface area (Å²) in [6, 6.07) is -0.550. The van der Waals surface area contributed by atoms with Crippen molar-refractivity contribution >= 4 is 17.9 Å². The molecule has 106 valence electrons. The van der Waals surface area contributed by atoms with E-state index in [-0.39, 0.29) is 18.9 Å². The average Bonchev–Trinajstić information content (AvgIpc) is 2.72. The zero-order valence-electron chi connectivity index (χ0n) is 10.7. The van der Waals surface area contributed by atoms with Gasteiger partial charge in [-0.15, -0.1) is 6.58 Å². The van der Waals surface area contributed by atoms with Crippen molar-refractivity contribution in [1.29, 1.82) is 0 Å². The van der Waals surface area contributed by atoms with Crippen LogP contribution >= 0.6 is 0 Å². The van der Waals surface area contributed by atoms with E-state index in [4.69, 9.17) is 5.11 Å². The number of urea groups is 1. The zero-order valence-corrected chi connectivity index (χ0v) is 10.7. The number of imide groups is 1. The number of hydrogen-bond acceptors (Lipinski definition) is 4. The maximum Gasteiger partial charge on any atom is 0.321 e. The van der Waals surface area contributed by atoms with Crippen LogP contribution in [-0.2, 0) is 9.59 Å². The Balaban J connectivity index is 2.24. The second-order valence-electron chi connectivity index (χ2n) is 4.53. The number of rotatable bonds is 6. The summed E-state index contributed by atoms with van der Waals surface area (Å²) >= 11 is 0. The number of amides is 3. The van der Waals surface area contributed by atoms with Crippen molar-refractivity contribution in [2.45, 2.75) is 12.8 Å². The van der Waals surface area contributed by atoms with Crippen LogP contribution in [0.3, 0.4) is 0 Å². The first kappa shape index (κ1) is 15.2. The van der Waals surface area contributed by atoms with E-state index in [0.717, 1.165) is 6.42 Å². The Morgan fingerprint density at radius 1 is 1.42 bits per heavy atom. The first-order chi connectivity index (χ1) is 9.01. The summed E-state index contributed by atoms with van der Waals surface area (Å²) in [7, 11) is 0. The van der Waals surface area contributed by atoms with Crippen LogP contribution in [0.1, 0.15) is 12.8 Å². The molecule has 1 aliphatic heterocycles. The number of carboxylic acids is 1. The van der Waals surface area contributed by atoms with Crippen LogP contribution in [0.2, 0.25) is 0 Å². The maximum absolute atomic E-state index is 11.5. The van der Waals surface area contributed by atoms with Gasteiger partial charge in [-0.2, -0.15) is 0 Å². The highest BCUT2D eigenvalue weighted by molar-refractivity contribution is 5.95. The predicted molar refractivity (Wildman–Crippen MR) is 68.5 cm³/mol. The van der Waals surface area contributed by atoms with E-state index in [1.54, 1.807) is 0 Å². The minimum atomic E-state index is -0.819. The topological polar surface area (TPSA) is 98.7 Å². The molecule has 1 unspecified atom stereocenters. The predicted octanol–water partition coefficient (Wildman–Crippen LogP) is -0.205. The van der Waals surface area contributed by atoms with Crippen LogP contribution in [0.25, 0.3) is 0 Å². The van der Waals surface area contributed by atoms with E-state index in [9.17, 15) is 14.4 Å². The number of aliphatic carboxylic acids is 1. The number of nitrogens with zero attached hydrogens (tertiary/aromatic N) is 1. The molecule has 0 aromatic carbocycles. The largest absolute Gasteiger partial charge is 0.481 e. The lowest BCUT2D eigenvalue weighted by atomic mass is 10.1. The summed E-state index contributed by atoms with van der Waals surface area (Å²) in [5.74, 6) is -1.13. The molecule has 7 nitrogen and oxygen atoms in total. The molecule has 0 aromatic rings. The lowest BCUT2D eigenvalue weighted by Crippen LogP contribution is -2.44. The van der Waals surface area contributed by atoms with Crippen LogP contribution in [0.5, 0.6) is 0 Å². The molecule has 0 spiro atoms. The minimum Gasteiger partial charge on any atom is -0.481 e. The number of nitrogens with one attached hydrogen (secondary N) is 2. The van der Waals surface area contributed by atoms with E-state index >= 15 is 0 Å². The first-order valence-electron chi connectivity index (χ1n) is 6.14. The van der Waals surface area contributed by atoms with Crippen molar-refractivity contribution < 1.29 is 19.5 Å². The lowest BCUT2D eigenvalue weighted by molar-refractivity contribution is -0.138. The molecule has 0 aromatic heterocycles. The van der Waals surface area contributed by atoms with Crippen molar-refractivity contribution in [3.05, 3.63) is 12.7 Å². The van der Waals surface area contributed by atoms with Crippen molar-refractivity contribution in [3.63, 3.8) is 0 Å². The molecule has 1 rings (SSSR count). The van der Waals surface area contributed by atoms with Gasteiger partial charge in [-0.05, 0) is 18.9 Å². The molecule has 0 saturated carbocycles. The van der Waals surface area contributed by atoms with Crippen molar-refractivity contribution in [1.82, 2.24) is 15.5 Å². The maximum atomic E-state index is 11.5. The van der Waals surface area contributed by atoms with Gasteiger partial charge in [-0.3, -0.25) is 19.8 Å². The Bertz CT molecular complexity index is 370. The highest BCUT2D eigenvalue weighted by Crippen LogP contribution is 2.18. The van der Waals surface area contributed by atoms with Crippen LogP contribution < -0.4 is 10.6 Å². The molecule has 1 heterocycles. The Morgan fingerprint density at radius 3 is 2.79 bits per heavy atom. The highest BCUT2D eigenvalue weighted by Gasteiger charge is 2.25. The van der Waals surface area contributed by atoms with Gasteiger partial charge in [0, 0.05) is 19.5 Å². The molecule has 3 amide bonds. The van der Waals surface area contributed by atoms with E-state index in [1.165, 1.54) is 6.08 Å². The van der Waals surface area contributed by atoms with Gasteiger partial charge in [-0.25, -0.2) is 4.79 Å². The van der Waals surface area contributed by atoms with Gasteiger partial charge < -0.3 is 10.4 Å². The molecular formula is C12H19N3O4. The second-order valence-corrected chi connectivity index (χ2v) is 4.53. The SMILES string of the molecule is C=CCNC(=O)NC(=O)CN1CCC(CC(=O)O)C1. The van der Waals surface area contributed by atoms with Crippen molar-refractivity contribution in [2.75, 3.05) is 26.2 Å². The summed E-state index contributed by atoms with van der Waals surface area (Å²) < 4.78 is 0. The smallest absolute Gasteiger partial charge is 0.321 e. The van der Waals surface area contributed by atoms with E-state index in [1.807, 2.05) is 4.90 Å². The highest BCUT2D eigenvalue weighted by atomic mass is 16.4. The molecule has 19 heavy (non-hydrogen) atoms. The van der Waals surface area contributed by atoms with E-state index < -0.39 is 17.9 Å². The van der Waals surface area contributed by atoms with Gasteiger partial charge in [0.15, 0.2) is 0 Å². The lowest BCUT2D eigenvalue weighted by Gasteiger charge is -2.14. The summed E-state index contributed by atoms with van der Waals surface area (Å²) in [6.07, 6.45) is 2.40. The molecular weight excluding hydrogens is 250 g/mol. The quantitative estimate of drug-likeness (QED) is 0.580. The Morgan fingerprint density at radius 2 is 2.16 bits per heavy atom. The number of carbonyl (C=O) groups is 3. The fraction of sp³-hybridized carbons (Fsp3) is 0.583. The van der Waals surface area contributed by atoms with Gasteiger partial charge in [-0.1, -0.05) is 6.08 Å². The average molecular weight is 269 g/mol. The third kappa shape index (κ3) is 6.01. The number of carboxylic acid groups (broad SMARTS) is 1.